The third kappa shape index (κ3) is 5.86. The Hall–Kier alpha value is -4.42. The number of para-hydroxylation sites is 2. The summed E-state index contributed by atoms with van der Waals surface area (Å²) in [5.41, 5.74) is 1.89. The predicted octanol–water partition coefficient (Wildman–Crippen LogP) is 3.66. The van der Waals surface area contributed by atoms with Crippen molar-refractivity contribution in [1.82, 2.24) is 14.9 Å². The van der Waals surface area contributed by atoms with Crippen molar-refractivity contribution in [3.63, 3.8) is 0 Å². The molecule has 2 N–H and O–H groups in total. The zero-order valence-electron chi connectivity index (χ0n) is 21.4. The molecule has 4 aromatic rings. The van der Waals surface area contributed by atoms with Crippen molar-refractivity contribution in [2.75, 3.05) is 50.6 Å². The van der Waals surface area contributed by atoms with Crippen LogP contribution in [0.25, 0.3) is 11.0 Å². The lowest BCUT2D eigenvalue weighted by molar-refractivity contribution is 0.0302. The smallest absolute Gasteiger partial charge is 0.263 e. The Morgan fingerprint density at radius 3 is 2.15 bits per heavy atom. The molecule has 0 aliphatic carbocycles. The number of hydrogen-bond donors (Lipinski definition) is 2. The molecule has 0 atom stereocenters. The van der Waals surface area contributed by atoms with E-state index in [0.29, 0.717) is 54.5 Å². The Labute approximate surface area is 225 Å². The number of carbonyl (C=O) groups is 1. The van der Waals surface area contributed by atoms with E-state index in [1.807, 2.05) is 6.07 Å². The number of methoxy groups -OCH3 is 2. The van der Waals surface area contributed by atoms with Crippen molar-refractivity contribution >= 4 is 44.3 Å². The highest BCUT2D eigenvalue weighted by Gasteiger charge is 2.23. The predicted molar refractivity (Wildman–Crippen MR) is 146 cm³/mol. The zero-order chi connectivity index (χ0) is 27.4. The molecule has 0 bridgehead atoms. The highest BCUT2D eigenvalue weighted by atomic mass is 32.2. The van der Waals surface area contributed by atoms with Gasteiger partial charge in [0, 0.05) is 42.5 Å². The van der Waals surface area contributed by atoms with Gasteiger partial charge in [0.1, 0.15) is 11.5 Å². The van der Waals surface area contributed by atoms with Gasteiger partial charge in [-0.15, -0.1) is 0 Å². The van der Waals surface area contributed by atoms with Crippen molar-refractivity contribution in [3.8, 4) is 11.5 Å². The topological polar surface area (TPSA) is 132 Å². The first-order valence-corrected chi connectivity index (χ1v) is 13.6. The van der Waals surface area contributed by atoms with Gasteiger partial charge in [0.2, 0.25) is 0 Å². The number of hydrogen-bond acceptors (Lipinski definition) is 9. The molecule has 1 amide bonds. The lowest BCUT2D eigenvalue weighted by Crippen LogP contribution is -2.40. The number of anilines is 3. The van der Waals surface area contributed by atoms with Crippen LogP contribution < -0.4 is 19.5 Å². The lowest BCUT2D eigenvalue weighted by Gasteiger charge is -2.27. The maximum atomic E-state index is 13.5. The number of ether oxygens (including phenoxy) is 3. The van der Waals surface area contributed by atoms with Crippen LogP contribution in [-0.4, -0.2) is 69.7 Å². The first kappa shape index (κ1) is 26.2. The molecule has 0 unspecified atom stereocenters. The van der Waals surface area contributed by atoms with Gasteiger partial charge in [-0.05, 0) is 30.3 Å². The molecule has 1 saturated heterocycles. The number of rotatable bonds is 8. The van der Waals surface area contributed by atoms with E-state index in [9.17, 15) is 13.2 Å². The van der Waals surface area contributed by atoms with Crippen molar-refractivity contribution in [1.29, 1.82) is 0 Å². The van der Waals surface area contributed by atoms with Crippen LogP contribution >= 0.6 is 0 Å². The first-order valence-electron chi connectivity index (χ1n) is 12.1. The van der Waals surface area contributed by atoms with Crippen LogP contribution in [-0.2, 0) is 14.8 Å². The SMILES string of the molecule is COc1cc(Nc2nc3ccccc3nc2NS(=O)(=O)c2cccc(C(=O)N3CCOCC3)c2)cc(OC)c1. The quantitative estimate of drug-likeness (QED) is 0.338. The van der Waals surface area contributed by atoms with Crippen LogP contribution in [0.1, 0.15) is 10.4 Å². The minimum atomic E-state index is -4.15. The van der Waals surface area contributed by atoms with Crippen LogP contribution in [0.2, 0.25) is 0 Å². The van der Waals surface area contributed by atoms with Crippen LogP contribution in [0.3, 0.4) is 0 Å². The number of carbonyl (C=O) groups excluding carboxylic acids is 1. The standard InChI is InChI=1S/C27H27N5O6S/c1-36-20-15-19(16-21(17-20)37-2)28-25-26(30-24-9-4-3-8-23(24)29-25)31-39(34,35)22-7-5-6-18(14-22)27(33)32-10-12-38-13-11-32/h3-9,14-17H,10-13H2,1-2H3,(H,28,29)(H,30,31). The molecule has 3 aromatic carbocycles. The van der Waals surface area contributed by atoms with Crippen LogP contribution in [0.5, 0.6) is 11.5 Å². The number of nitrogens with zero attached hydrogens (tertiary/aromatic N) is 3. The lowest BCUT2D eigenvalue weighted by atomic mass is 10.2. The fourth-order valence-electron chi connectivity index (χ4n) is 4.11. The van der Waals surface area contributed by atoms with Gasteiger partial charge in [-0.2, -0.15) is 0 Å². The van der Waals surface area contributed by atoms with E-state index in [1.54, 1.807) is 47.4 Å². The number of nitrogens with one attached hydrogen (secondary N) is 2. The van der Waals surface area contributed by atoms with Gasteiger partial charge in [-0.3, -0.25) is 9.52 Å². The van der Waals surface area contributed by atoms with Gasteiger partial charge in [0.25, 0.3) is 15.9 Å². The van der Waals surface area contributed by atoms with Crippen LogP contribution in [0, 0.1) is 0 Å². The highest BCUT2D eigenvalue weighted by Crippen LogP contribution is 2.31. The number of fused-ring (bicyclic) bond motifs is 1. The highest BCUT2D eigenvalue weighted by molar-refractivity contribution is 7.92. The summed E-state index contributed by atoms with van der Waals surface area (Å²) in [6.07, 6.45) is 0. The maximum Gasteiger partial charge on any atom is 0.263 e. The number of amides is 1. The fraction of sp³-hybridized carbons (Fsp3) is 0.222. The second kappa shape index (κ2) is 11.1. The third-order valence-electron chi connectivity index (χ3n) is 6.11. The Bertz CT molecular complexity index is 1600. The van der Waals surface area contributed by atoms with Crippen molar-refractivity contribution < 1.29 is 27.4 Å². The summed E-state index contributed by atoms with van der Waals surface area (Å²) in [7, 11) is -1.08. The average Bonchev–Trinajstić information content (AvgIpc) is 2.97. The normalized spacial score (nSPS) is 13.6. The number of benzene rings is 3. The molecule has 5 rings (SSSR count). The van der Waals surface area contributed by atoms with Crippen LogP contribution in [0.4, 0.5) is 17.3 Å². The number of morpholine rings is 1. The van der Waals surface area contributed by atoms with Crippen molar-refractivity contribution in [3.05, 3.63) is 72.3 Å². The van der Waals surface area contributed by atoms with E-state index in [2.05, 4.69) is 20.0 Å². The molecule has 2 heterocycles. The summed E-state index contributed by atoms with van der Waals surface area (Å²) < 4.78 is 45.5. The molecule has 1 aromatic heterocycles. The summed E-state index contributed by atoms with van der Waals surface area (Å²) in [6.45, 7) is 1.79. The van der Waals surface area contributed by atoms with Gasteiger partial charge in [-0.1, -0.05) is 18.2 Å². The van der Waals surface area contributed by atoms with E-state index in [-0.39, 0.29) is 28.0 Å². The molecule has 39 heavy (non-hydrogen) atoms. The molecular formula is C27H27N5O6S. The summed E-state index contributed by atoms with van der Waals surface area (Å²) >= 11 is 0. The van der Waals surface area contributed by atoms with E-state index in [0.717, 1.165) is 0 Å². The van der Waals surface area contributed by atoms with Gasteiger partial charge in [0.05, 0.1) is 43.4 Å². The Morgan fingerprint density at radius 1 is 0.872 bits per heavy atom. The van der Waals surface area contributed by atoms with Crippen molar-refractivity contribution in [2.45, 2.75) is 4.90 Å². The largest absolute Gasteiger partial charge is 0.497 e. The summed E-state index contributed by atoms with van der Waals surface area (Å²) in [4.78, 5) is 23.7. The third-order valence-corrected chi connectivity index (χ3v) is 7.44. The second-order valence-corrected chi connectivity index (χ2v) is 10.4. The van der Waals surface area contributed by atoms with Gasteiger partial charge < -0.3 is 24.4 Å². The minimum Gasteiger partial charge on any atom is -0.497 e. The molecule has 202 valence electrons. The summed E-state index contributed by atoms with van der Waals surface area (Å²) in [5.74, 6) is 0.979. The average molecular weight is 550 g/mol. The van der Waals surface area contributed by atoms with E-state index in [1.165, 1.54) is 32.4 Å². The van der Waals surface area contributed by atoms with E-state index in [4.69, 9.17) is 14.2 Å². The number of sulfonamides is 1. The molecule has 1 aliphatic heterocycles. The molecule has 0 radical (unpaired) electrons. The van der Waals surface area contributed by atoms with Gasteiger partial charge in [0.15, 0.2) is 11.6 Å². The molecule has 1 aliphatic rings. The zero-order valence-corrected chi connectivity index (χ0v) is 22.2. The first-order chi connectivity index (χ1) is 18.9. The van der Waals surface area contributed by atoms with E-state index < -0.39 is 10.0 Å². The monoisotopic (exact) mass is 549 g/mol. The number of aromatic nitrogens is 2. The van der Waals surface area contributed by atoms with Crippen LogP contribution in [0.15, 0.2) is 71.6 Å². The molecule has 0 saturated carbocycles. The molecule has 11 nitrogen and oxygen atoms in total. The van der Waals surface area contributed by atoms with Gasteiger partial charge >= 0.3 is 0 Å². The Balaban J connectivity index is 1.50. The summed E-state index contributed by atoms with van der Waals surface area (Å²) in [5, 5.41) is 3.13. The Kier molecular flexibility index (Phi) is 7.48. The summed E-state index contributed by atoms with van der Waals surface area (Å²) in [6, 6.07) is 18.2. The van der Waals surface area contributed by atoms with E-state index >= 15 is 0 Å². The molecule has 0 spiro atoms. The second-order valence-electron chi connectivity index (χ2n) is 8.67. The molecular weight excluding hydrogens is 522 g/mol. The fourth-order valence-corrected chi connectivity index (χ4v) is 5.16. The molecule has 1 fully saturated rings. The van der Waals surface area contributed by atoms with Crippen molar-refractivity contribution in [2.24, 2.45) is 0 Å². The minimum absolute atomic E-state index is 0.0135. The molecule has 12 heteroatoms. The maximum absolute atomic E-state index is 13.5. The van der Waals surface area contributed by atoms with Gasteiger partial charge in [-0.25, -0.2) is 18.4 Å². The Morgan fingerprint density at radius 2 is 1.51 bits per heavy atom.